The fraction of sp³-hybridized carbons (Fsp3) is 0.556. The van der Waals surface area contributed by atoms with Gasteiger partial charge in [-0.2, -0.15) is 4.31 Å². The van der Waals surface area contributed by atoms with E-state index < -0.39 is 10.0 Å². The molecule has 0 radical (unpaired) electrons. The number of sulfonamides is 1. The standard InChI is InChI=1S/C9H15NO3S2/c1-3-10(4-2)15(12,13)9-5-6-14-8(9)7-11/h5-6,11H,3-4,7H2,1-2H3. The molecule has 4 nitrogen and oxygen atoms in total. The molecule has 0 saturated carbocycles. The topological polar surface area (TPSA) is 57.6 Å². The first-order valence-electron chi connectivity index (χ1n) is 4.75. The van der Waals surface area contributed by atoms with Crippen molar-refractivity contribution in [2.75, 3.05) is 13.1 Å². The Bertz CT molecular complexity index is 407. The molecule has 1 aromatic heterocycles. The second-order valence-corrected chi connectivity index (χ2v) is 5.86. The first-order valence-corrected chi connectivity index (χ1v) is 7.07. The van der Waals surface area contributed by atoms with Crippen LogP contribution in [0.2, 0.25) is 0 Å². The molecular formula is C9H15NO3S2. The molecule has 1 rings (SSSR count). The Balaban J connectivity index is 3.16. The van der Waals surface area contributed by atoms with E-state index >= 15 is 0 Å². The van der Waals surface area contributed by atoms with Gasteiger partial charge in [0.25, 0.3) is 0 Å². The molecule has 6 heteroatoms. The summed E-state index contributed by atoms with van der Waals surface area (Å²) in [6.45, 7) is 4.25. The number of hydrogen-bond donors (Lipinski definition) is 1. The third-order valence-electron chi connectivity index (χ3n) is 2.17. The van der Waals surface area contributed by atoms with Crippen molar-refractivity contribution in [1.82, 2.24) is 4.31 Å². The van der Waals surface area contributed by atoms with Crippen molar-refractivity contribution in [2.45, 2.75) is 25.3 Å². The van der Waals surface area contributed by atoms with Gasteiger partial charge in [-0.15, -0.1) is 11.3 Å². The minimum absolute atomic E-state index is 0.229. The minimum Gasteiger partial charge on any atom is -0.391 e. The number of thiophene rings is 1. The van der Waals surface area contributed by atoms with Gasteiger partial charge in [-0.1, -0.05) is 13.8 Å². The first-order chi connectivity index (χ1) is 7.07. The summed E-state index contributed by atoms with van der Waals surface area (Å²) in [5, 5.41) is 10.7. The number of aliphatic hydroxyl groups is 1. The zero-order valence-corrected chi connectivity index (χ0v) is 10.4. The van der Waals surface area contributed by atoms with Gasteiger partial charge < -0.3 is 5.11 Å². The molecule has 0 amide bonds. The molecule has 0 aromatic carbocycles. The lowest BCUT2D eigenvalue weighted by Crippen LogP contribution is -2.30. The van der Waals surface area contributed by atoms with Crippen LogP contribution < -0.4 is 0 Å². The average Bonchev–Trinajstić information content (AvgIpc) is 2.67. The molecule has 0 aliphatic rings. The largest absolute Gasteiger partial charge is 0.391 e. The molecule has 0 aliphatic carbocycles. The average molecular weight is 249 g/mol. The van der Waals surface area contributed by atoms with Crippen molar-refractivity contribution in [2.24, 2.45) is 0 Å². The lowest BCUT2D eigenvalue weighted by atomic mass is 10.5. The van der Waals surface area contributed by atoms with E-state index in [4.69, 9.17) is 5.11 Å². The van der Waals surface area contributed by atoms with Gasteiger partial charge in [-0.3, -0.25) is 0 Å². The van der Waals surface area contributed by atoms with Gasteiger partial charge in [0.2, 0.25) is 10.0 Å². The summed E-state index contributed by atoms with van der Waals surface area (Å²) >= 11 is 1.26. The van der Waals surface area contributed by atoms with E-state index in [-0.39, 0.29) is 11.5 Å². The highest BCUT2D eigenvalue weighted by atomic mass is 32.2. The zero-order chi connectivity index (χ0) is 11.5. The second kappa shape index (κ2) is 5.07. The molecule has 15 heavy (non-hydrogen) atoms. The van der Waals surface area contributed by atoms with Crippen LogP contribution in [0, 0.1) is 0 Å². The molecule has 0 bridgehead atoms. The van der Waals surface area contributed by atoms with Crippen LogP contribution in [-0.4, -0.2) is 30.9 Å². The third-order valence-corrected chi connectivity index (χ3v) is 5.34. The van der Waals surface area contributed by atoms with E-state index in [9.17, 15) is 8.42 Å². The predicted octanol–water partition coefficient (Wildman–Crippen LogP) is 1.27. The normalized spacial score (nSPS) is 12.3. The van der Waals surface area contributed by atoms with Gasteiger partial charge in [-0.05, 0) is 11.4 Å². The van der Waals surface area contributed by atoms with Crippen LogP contribution in [0.3, 0.4) is 0 Å². The molecule has 0 spiro atoms. The van der Waals surface area contributed by atoms with E-state index in [1.165, 1.54) is 15.6 Å². The third kappa shape index (κ3) is 2.39. The first kappa shape index (κ1) is 12.6. The maximum Gasteiger partial charge on any atom is 0.244 e. The fourth-order valence-electron chi connectivity index (χ4n) is 1.38. The smallest absolute Gasteiger partial charge is 0.244 e. The quantitative estimate of drug-likeness (QED) is 0.855. The van der Waals surface area contributed by atoms with E-state index in [1.54, 1.807) is 25.3 Å². The Morgan fingerprint density at radius 1 is 1.40 bits per heavy atom. The van der Waals surface area contributed by atoms with E-state index in [1.807, 2.05) is 0 Å². The number of hydrogen-bond acceptors (Lipinski definition) is 4. The summed E-state index contributed by atoms with van der Waals surface area (Å²) in [6.07, 6.45) is 0. The zero-order valence-electron chi connectivity index (χ0n) is 8.80. The lowest BCUT2D eigenvalue weighted by molar-refractivity contribution is 0.282. The van der Waals surface area contributed by atoms with Gasteiger partial charge in [0.15, 0.2) is 0 Å². The molecule has 0 aliphatic heterocycles. The number of nitrogens with zero attached hydrogens (tertiary/aromatic N) is 1. The van der Waals surface area contributed by atoms with Crippen LogP contribution in [-0.2, 0) is 16.6 Å². The molecular weight excluding hydrogens is 234 g/mol. The van der Waals surface area contributed by atoms with E-state index in [0.717, 1.165) is 0 Å². The van der Waals surface area contributed by atoms with Gasteiger partial charge in [-0.25, -0.2) is 8.42 Å². The highest BCUT2D eigenvalue weighted by molar-refractivity contribution is 7.89. The highest BCUT2D eigenvalue weighted by Crippen LogP contribution is 2.24. The Hall–Kier alpha value is -0.430. The maximum absolute atomic E-state index is 12.1. The Kier molecular flexibility index (Phi) is 4.27. The van der Waals surface area contributed by atoms with Crippen LogP contribution in [0.5, 0.6) is 0 Å². The van der Waals surface area contributed by atoms with Gasteiger partial charge in [0.1, 0.15) is 0 Å². The summed E-state index contributed by atoms with van der Waals surface area (Å²) in [6, 6.07) is 1.55. The summed E-state index contributed by atoms with van der Waals surface area (Å²) in [5.74, 6) is 0. The van der Waals surface area contributed by atoms with Crippen LogP contribution in [0.1, 0.15) is 18.7 Å². The predicted molar refractivity (Wildman–Crippen MR) is 60.3 cm³/mol. The number of aliphatic hydroxyl groups excluding tert-OH is 1. The van der Waals surface area contributed by atoms with Crippen molar-refractivity contribution in [3.63, 3.8) is 0 Å². The lowest BCUT2D eigenvalue weighted by Gasteiger charge is -2.18. The van der Waals surface area contributed by atoms with Crippen LogP contribution in [0.15, 0.2) is 16.3 Å². The van der Waals surface area contributed by atoms with Gasteiger partial charge in [0, 0.05) is 18.0 Å². The Labute approximate surface area is 94.2 Å². The van der Waals surface area contributed by atoms with Gasteiger partial charge >= 0.3 is 0 Å². The van der Waals surface area contributed by atoms with Crippen LogP contribution in [0.4, 0.5) is 0 Å². The highest BCUT2D eigenvalue weighted by Gasteiger charge is 2.24. The Morgan fingerprint density at radius 2 is 2.00 bits per heavy atom. The summed E-state index contributed by atoms with van der Waals surface area (Å²) < 4.78 is 25.5. The van der Waals surface area contributed by atoms with Crippen molar-refractivity contribution in [3.8, 4) is 0 Å². The molecule has 0 saturated heterocycles. The van der Waals surface area contributed by atoms with Crippen molar-refractivity contribution >= 4 is 21.4 Å². The summed E-state index contributed by atoms with van der Waals surface area (Å²) in [5.41, 5.74) is 0. The maximum atomic E-state index is 12.1. The van der Waals surface area contributed by atoms with Crippen LogP contribution >= 0.6 is 11.3 Å². The molecule has 0 atom stereocenters. The molecule has 1 aromatic rings. The molecule has 0 fully saturated rings. The molecule has 86 valence electrons. The molecule has 0 unspecified atom stereocenters. The minimum atomic E-state index is -3.42. The van der Waals surface area contributed by atoms with Crippen LogP contribution in [0.25, 0.3) is 0 Å². The number of rotatable bonds is 5. The Morgan fingerprint density at radius 3 is 2.47 bits per heavy atom. The van der Waals surface area contributed by atoms with Crippen molar-refractivity contribution < 1.29 is 13.5 Å². The molecule has 1 heterocycles. The fourth-order valence-corrected chi connectivity index (χ4v) is 4.10. The van der Waals surface area contributed by atoms with Gasteiger partial charge in [0.05, 0.1) is 11.5 Å². The summed E-state index contributed by atoms with van der Waals surface area (Å²) in [4.78, 5) is 0.737. The van der Waals surface area contributed by atoms with Crippen molar-refractivity contribution in [3.05, 3.63) is 16.3 Å². The van der Waals surface area contributed by atoms with E-state index in [0.29, 0.717) is 18.0 Å². The summed E-state index contributed by atoms with van der Waals surface area (Å²) in [7, 11) is -3.42. The van der Waals surface area contributed by atoms with E-state index in [2.05, 4.69) is 0 Å². The SMILES string of the molecule is CCN(CC)S(=O)(=O)c1ccsc1CO. The molecule has 1 N–H and O–H groups in total. The second-order valence-electron chi connectivity index (χ2n) is 2.96. The van der Waals surface area contributed by atoms with Crippen molar-refractivity contribution in [1.29, 1.82) is 0 Å². The monoisotopic (exact) mass is 249 g/mol.